The van der Waals surface area contributed by atoms with Gasteiger partial charge in [-0.05, 0) is 43.3 Å². The number of aromatic nitrogens is 2. The molecule has 6 heteroatoms. The number of hydrogen-bond acceptors (Lipinski definition) is 2. The van der Waals surface area contributed by atoms with Crippen LogP contribution in [-0.2, 0) is 0 Å². The maximum Gasteiger partial charge on any atom is 0.167 e. The van der Waals surface area contributed by atoms with Crippen LogP contribution in [0.4, 0.5) is 4.39 Å². The van der Waals surface area contributed by atoms with Gasteiger partial charge in [0.15, 0.2) is 5.75 Å². The van der Waals surface area contributed by atoms with E-state index < -0.39 is 0 Å². The normalized spacial score (nSPS) is 17.4. The summed E-state index contributed by atoms with van der Waals surface area (Å²) in [5.41, 5.74) is 4.43. The number of rotatable bonds is 2. The third-order valence-corrected chi connectivity index (χ3v) is 5.71. The smallest absolute Gasteiger partial charge is 0.167 e. The minimum atomic E-state index is -0.251. The molecule has 0 aliphatic carbocycles. The Balaban J connectivity index is 1.75. The Hall–Kier alpha value is -2.99. The highest BCUT2D eigenvalue weighted by Crippen LogP contribution is 2.41. The van der Waals surface area contributed by atoms with Crippen LogP contribution in [0.2, 0.25) is 0 Å². The summed E-state index contributed by atoms with van der Waals surface area (Å²) in [6, 6.07) is 12.8. The van der Waals surface area contributed by atoms with Crippen molar-refractivity contribution in [1.29, 1.82) is 0 Å². The van der Waals surface area contributed by atoms with Gasteiger partial charge in [-0.15, -0.1) is 0 Å². The standard InChI is InChI=1S/C22H17BFN3O/c23-11-1-3-18-14(7-11)16-9-17-15-8-12(24)2-4-19(15)27-21(17)22(20(16)26-18)28-13-5-6-25-10-13/h1-4,7-9,13,25-27H,5-6,10H2. The van der Waals surface area contributed by atoms with Crippen molar-refractivity contribution in [2.24, 2.45) is 0 Å². The molecule has 1 aliphatic heterocycles. The minimum absolute atomic E-state index is 0.105. The van der Waals surface area contributed by atoms with Crippen molar-refractivity contribution in [2.45, 2.75) is 12.5 Å². The fourth-order valence-electron chi connectivity index (χ4n) is 4.36. The van der Waals surface area contributed by atoms with Crippen LogP contribution in [-0.4, -0.2) is 37.0 Å². The third kappa shape index (κ3) is 2.28. The number of halogens is 1. The van der Waals surface area contributed by atoms with Gasteiger partial charge in [0, 0.05) is 39.1 Å². The average Bonchev–Trinajstić information content (AvgIpc) is 3.39. The van der Waals surface area contributed by atoms with Crippen molar-refractivity contribution in [2.75, 3.05) is 13.1 Å². The largest absolute Gasteiger partial charge is 0.485 e. The molecule has 0 amide bonds. The van der Waals surface area contributed by atoms with Gasteiger partial charge in [-0.3, -0.25) is 0 Å². The van der Waals surface area contributed by atoms with Crippen LogP contribution in [0.25, 0.3) is 43.6 Å². The van der Waals surface area contributed by atoms with E-state index in [1.807, 2.05) is 18.2 Å². The highest BCUT2D eigenvalue weighted by Gasteiger charge is 2.22. The van der Waals surface area contributed by atoms with Gasteiger partial charge in [-0.1, -0.05) is 17.6 Å². The summed E-state index contributed by atoms with van der Waals surface area (Å²) in [6.45, 7) is 1.77. The first-order chi connectivity index (χ1) is 13.7. The van der Waals surface area contributed by atoms with Crippen LogP contribution >= 0.6 is 0 Å². The van der Waals surface area contributed by atoms with Crippen LogP contribution in [0.5, 0.6) is 5.75 Å². The van der Waals surface area contributed by atoms with Gasteiger partial charge < -0.3 is 20.0 Å². The zero-order chi connectivity index (χ0) is 18.8. The maximum absolute atomic E-state index is 14.0. The second kappa shape index (κ2) is 5.75. The van der Waals surface area contributed by atoms with Gasteiger partial charge in [-0.25, -0.2) is 4.39 Å². The maximum atomic E-state index is 14.0. The predicted octanol–water partition coefficient (Wildman–Crippen LogP) is 3.63. The van der Waals surface area contributed by atoms with Gasteiger partial charge in [0.25, 0.3) is 0 Å². The predicted molar refractivity (Wildman–Crippen MR) is 112 cm³/mol. The summed E-state index contributed by atoms with van der Waals surface area (Å²) in [4.78, 5) is 6.94. The van der Waals surface area contributed by atoms with Gasteiger partial charge in [-0.2, -0.15) is 0 Å². The molecule has 2 radical (unpaired) electrons. The summed E-state index contributed by atoms with van der Waals surface area (Å²) < 4.78 is 20.4. The molecular weight excluding hydrogens is 352 g/mol. The fraction of sp³-hybridized carbons (Fsp3) is 0.182. The Bertz CT molecular complexity index is 1290. The molecule has 1 atom stereocenters. The summed E-state index contributed by atoms with van der Waals surface area (Å²) >= 11 is 0. The summed E-state index contributed by atoms with van der Waals surface area (Å²) in [5.74, 6) is 0.534. The molecule has 3 N–H and O–H groups in total. The molecule has 1 fully saturated rings. The molecule has 4 nitrogen and oxygen atoms in total. The van der Waals surface area contributed by atoms with E-state index in [1.165, 1.54) is 6.07 Å². The van der Waals surface area contributed by atoms with Crippen molar-refractivity contribution < 1.29 is 9.13 Å². The molecule has 1 saturated heterocycles. The lowest BCUT2D eigenvalue weighted by atomic mass is 9.94. The second-order valence-electron chi connectivity index (χ2n) is 7.53. The molecule has 2 aromatic heterocycles. The summed E-state index contributed by atoms with van der Waals surface area (Å²) in [6.07, 6.45) is 1.06. The molecule has 5 aromatic rings. The van der Waals surface area contributed by atoms with Crippen molar-refractivity contribution >= 4 is 56.9 Å². The number of H-pyrrole nitrogens is 2. The van der Waals surface area contributed by atoms with Crippen LogP contribution in [0, 0.1) is 5.82 Å². The van der Waals surface area contributed by atoms with E-state index in [0.29, 0.717) is 5.46 Å². The Morgan fingerprint density at radius 2 is 1.61 bits per heavy atom. The molecule has 0 spiro atoms. The molecule has 0 bridgehead atoms. The summed E-state index contributed by atoms with van der Waals surface area (Å²) in [5, 5.41) is 7.21. The topological polar surface area (TPSA) is 52.8 Å². The van der Waals surface area contributed by atoms with Crippen molar-refractivity contribution in [1.82, 2.24) is 15.3 Å². The Morgan fingerprint density at radius 3 is 2.32 bits per heavy atom. The molecule has 6 rings (SSSR count). The average molecular weight is 369 g/mol. The van der Waals surface area contributed by atoms with Crippen molar-refractivity contribution in [3.05, 3.63) is 48.3 Å². The van der Waals surface area contributed by atoms with Gasteiger partial charge >= 0.3 is 0 Å². The lowest BCUT2D eigenvalue weighted by Gasteiger charge is -2.14. The van der Waals surface area contributed by atoms with E-state index in [2.05, 4.69) is 21.4 Å². The van der Waals surface area contributed by atoms with Crippen LogP contribution in [0.3, 0.4) is 0 Å². The molecular formula is C22H17BFN3O. The first kappa shape index (κ1) is 16.0. The van der Waals surface area contributed by atoms with E-state index in [1.54, 1.807) is 12.1 Å². The van der Waals surface area contributed by atoms with E-state index in [0.717, 1.165) is 68.9 Å². The molecule has 3 aromatic carbocycles. The van der Waals surface area contributed by atoms with Crippen molar-refractivity contribution in [3.8, 4) is 5.75 Å². The minimum Gasteiger partial charge on any atom is -0.485 e. The lowest BCUT2D eigenvalue weighted by Crippen LogP contribution is -2.19. The molecule has 1 aliphatic rings. The molecule has 136 valence electrons. The summed E-state index contributed by atoms with van der Waals surface area (Å²) in [7, 11) is 6.04. The zero-order valence-electron chi connectivity index (χ0n) is 15.1. The van der Waals surface area contributed by atoms with E-state index in [9.17, 15) is 4.39 Å². The molecule has 1 unspecified atom stereocenters. The van der Waals surface area contributed by atoms with Gasteiger partial charge in [0.1, 0.15) is 19.8 Å². The fourth-order valence-corrected chi connectivity index (χ4v) is 4.36. The third-order valence-electron chi connectivity index (χ3n) is 5.71. The molecule has 0 saturated carbocycles. The van der Waals surface area contributed by atoms with Crippen LogP contribution < -0.4 is 15.5 Å². The van der Waals surface area contributed by atoms with Gasteiger partial charge in [0.2, 0.25) is 0 Å². The van der Waals surface area contributed by atoms with E-state index >= 15 is 0 Å². The van der Waals surface area contributed by atoms with Crippen LogP contribution in [0.15, 0.2) is 42.5 Å². The number of fused-ring (bicyclic) bond motifs is 6. The SMILES string of the molecule is [B]c1ccc2[nH]c3c(OC4CCNC4)c4[nH]c5ccc(F)cc5c4cc3c2c1. The number of hydrogen-bond donors (Lipinski definition) is 3. The number of ether oxygens (including phenoxy) is 1. The molecule has 28 heavy (non-hydrogen) atoms. The second-order valence-corrected chi connectivity index (χ2v) is 7.53. The van der Waals surface area contributed by atoms with E-state index in [-0.39, 0.29) is 11.9 Å². The highest BCUT2D eigenvalue weighted by molar-refractivity contribution is 6.34. The first-order valence-corrected chi connectivity index (χ1v) is 9.49. The highest BCUT2D eigenvalue weighted by atomic mass is 19.1. The lowest BCUT2D eigenvalue weighted by molar-refractivity contribution is 0.228. The zero-order valence-corrected chi connectivity index (χ0v) is 15.1. The first-order valence-electron chi connectivity index (χ1n) is 9.49. The Kier molecular flexibility index (Phi) is 3.29. The number of benzene rings is 3. The van der Waals surface area contributed by atoms with E-state index in [4.69, 9.17) is 12.6 Å². The number of nitrogens with one attached hydrogen (secondary N) is 3. The number of aromatic amines is 2. The Labute approximate surface area is 161 Å². The quantitative estimate of drug-likeness (QED) is 0.416. The van der Waals surface area contributed by atoms with Crippen LogP contribution in [0.1, 0.15) is 6.42 Å². The monoisotopic (exact) mass is 369 g/mol. The Morgan fingerprint density at radius 1 is 0.893 bits per heavy atom. The van der Waals surface area contributed by atoms with Crippen molar-refractivity contribution in [3.63, 3.8) is 0 Å². The van der Waals surface area contributed by atoms with Gasteiger partial charge in [0.05, 0.1) is 11.0 Å². The molecule has 3 heterocycles.